The zero-order chi connectivity index (χ0) is 5.82. The number of aldehydes is 1. The van der Waals surface area contributed by atoms with E-state index >= 15 is 0 Å². The van der Waals surface area contributed by atoms with Crippen molar-refractivity contribution in [1.29, 1.82) is 0 Å². The summed E-state index contributed by atoms with van der Waals surface area (Å²) in [5.74, 6) is 0.319. The largest absolute Gasteiger partial charge is 1.00 e. The van der Waals surface area contributed by atoms with Crippen LogP contribution in [0.3, 0.4) is 0 Å². The number of carbonyl (C=O) groups is 1. The topological polar surface area (TPSA) is 17.1 Å². The van der Waals surface area contributed by atoms with Crippen molar-refractivity contribution < 1.29 is 57.6 Å². The van der Waals surface area contributed by atoms with Gasteiger partial charge in [-0.1, -0.05) is 12.2 Å². The van der Waals surface area contributed by atoms with E-state index in [4.69, 9.17) is 0 Å². The summed E-state index contributed by atoms with van der Waals surface area (Å²) in [6, 6.07) is 0. The van der Waals surface area contributed by atoms with Gasteiger partial charge in [0.2, 0.25) is 0 Å². The van der Waals surface area contributed by atoms with Gasteiger partial charge >= 0.3 is 51.4 Å². The van der Waals surface area contributed by atoms with Gasteiger partial charge < -0.3 is 6.22 Å². The third-order valence-electron chi connectivity index (χ3n) is 1.50. The van der Waals surface area contributed by atoms with Gasteiger partial charge in [0.1, 0.15) is 6.29 Å². The predicted molar refractivity (Wildman–Crippen MR) is 33.7 cm³/mol. The number of hydrogen-bond acceptors (Lipinski definition) is 1. The molecule has 0 bridgehead atoms. The van der Waals surface area contributed by atoms with Crippen molar-refractivity contribution in [1.82, 2.24) is 0 Å². The van der Waals surface area contributed by atoms with Crippen LogP contribution in [0.4, 0.5) is 0 Å². The van der Waals surface area contributed by atoms with E-state index in [0.717, 1.165) is 25.5 Å². The van der Waals surface area contributed by atoms with Crippen molar-refractivity contribution in [2.75, 3.05) is 0 Å². The van der Waals surface area contributed by atoms with E-state index in [1.807, 2.05) is 0 Å². The number of allylic oxidation sites excluding steroid dienone is 2. The van der Waals surface area contributed by atoms with Crippen LogP contribution in [0.1, 0.15) is 20.7 Å². The first-order chi connectivity index (χ1) is 3.93. The summed E-state index contributed by atoms with van der Waals surface area (Å²) in [6.07, 6.45) is 8.39. The number of carbonyl (C=O) groups excluding carboxylic acids is 1. The molecule has 1 aliphatic rings. The molecule has 0 aromatic carbocycles. The first kappa shape index (κ1) is 10.0. The minimum Gasteiger partial charge on any atom is -1.00 e. The minimum atomic E-state index is 0. The van der Waals surface area contributed by atoms with Gasteiger partial charge in [-0.2, -0.15) is 0 Å². The molecule has 1 rings (SSSR count). The summed E-state index contributed by atoms with van der Waals surface area (Å²) in [7, 11) is 0. The van der Waals surface area contributed by atoms with E-state index < -0.39 is 0 Å². The van der Waals surface area contributed by atoms with Crippen LogP contribution in [0.5, 0.6) is 0 Å². The second-order valence-corrected chi connectivity index (χ2v) is 2.18. The number of hydrogen-bond donors (Lipinski definition) is 0. The Balaban J connectivity index is 0. The Morgan fingerprint density at radius 2 is 2.33 bits per heavy atom. The Kier molecular flexibility index (Phi) is 6.48. The first-order valence-corrected chi connectivity index (χ1v) is 3.04. The molecular weight excluding hydrogens is 139 g/mol. The molecule has 0 fully saturated rings. The molecule has 0 aromatic heterocycles. The molecule has 46 valence electrons. The molecule has 0 spiro atoms. The molecule has 0 N–H and O–H groups in total. The number of rotatable bonds is 1. The van der Waals surface area contributed by atoms with E-state index in [1.165, 1.54) is 0 Å². The standard InChI is InChI=1S/C7H10O.K.H/c8-6-7-4-2-1-3-5-7;;/h1-2,6-7H,3-5H2;;/q;+1;-1. The van der Waals surface area contributed by atoms with Crippen LogP contribution in [0.2, 0.25) is 0 Å². The van der Waals surface area contributed by atoms with Crippen LogP contribution in [-0.2, 0) is 4.79 Å². The van der Waals surface area contributed by atoms with Gasteiger partial charge in [-0.05, 0) is 19.3 Å². The molecule has 0 aromatic rings. The van der Waals surface area contributed by atoms with Crippen molar-refractivity contribution in [2.45, 2.75) is 19.3 Å². The average molecular weight is 150 g/mol. The Hall–Kier alpha value is 1.05. The van der Waals surface area contributed by atoms with Gasteiger partial charge in [-0.15, -0.1) is 0 Å². The molecule has 0 saturated carbocycles. The Morgan fingerprint density at radius 3 is 2.67 bits per heavy atom. The Labute approximate surface area is 99.8 Å². The third kappa shape index (κ3) is 3.68. The molecule has 0 saturated heterocycles. The van der Waals surface area contributed by atoms with E-state index in [9.17, 15) is 4.79 Å². The summed E-state index contributed by atoms with van der Waals surface area (Å²) in [5.41, 5.74) is 0. The summed E-state index contributed by atoms with van der Waals surface area (Å²) in [5, 5.41) is 0. The van der Waals surface area contributed by atoms with Crippen LogP contribution in [0.25, 0.3) is 0 Å². The van der Waals surface area contributed by atoms with Crippen molar-refractivity contribution in [3.63, 3.8) is 0 Å². The maximum absolute atomic E-state index is 10.1. The Morgan fingerprint density at radius 1 is 1.56 bits per heavy atom. The maximum Gasteiger partial charge on any atom is 1.00 e. The van der Waals surface area contributed by atoms with Crippen LogP contribution >= 0.6 is 0 Å². The molecule has 0 radical (unpaired) electrons. The predicted octanol–water partition coefficient (Wildman–Crippen LogP) is -1.34. The SMILES string of the molecule is O=CC1CC=CCC1.[H-].[K+]. The molecule has 0 heterocycles. The summed E-state index contributed by atoms with van der Waals surface area (Å²) in [6.45, 7) is 0. The van der Waals surface area contributed by atoms with E-state index in [-0.39, 0.29) is 52.8 Å². The van der Waals surface area contributed by atoms with Gasteiger partial charge in [0.05, 0.1) is 0 Å². The maximum atomic E-state index is 10.1. The van der Waals surface area contributed by atoms with E-state index in [2.05, 4.69) is 12.2 Å². The van der Waals surface area contributed by atoms with Crippen molar-refractivity contribution >= 4 is 6.29 Å². The zero-order valence-corrected chi connectivity index (χ0v) is 8.96. The van der Waals surface area contributed by atoms with Gasteiger partial charge in [-0.25, -0.2) is 0 Å². The van der Waals surface area contributed by atoms with E-state index in [1.54, 1.807) is 0 Å². The first-order valence-electron chi connectivity index (χ1n) is 3.04. The molecular formula is C7H11KO. The molecule has 0 aliphatic heterocycles. The van der Waals surface area contributed by atoms with Crippen LogP contribution < -0.4 is 51.4 Å². The quantitative estimate of drug-likeness (QED) is 0.257. The molecule has 2 heteroatoms. The van der Waals surface area contributed by atoms with E-state index in [0.29, 0.717) is 5.92 Å². The zero-order valence-electron chi connectivity index (χ0n) is 6.84. The van der Waals surface area contributed by atoms with Gasteiger partial charge in [0, 0.05) is 5.92 Å². The fourth-order valence-electron chi connectivity index (χ4n) is 0.941. The fourth-order valence-corrected chi connectivity index (χ4v) is 0.941. The van der Waals surface area contributed by atoms with Crippen LogP contribution in [0.15, 0.2) is 12.2 Å². The average Bonchev–Trinajstić information content (AvgIpc) is 1.90. The summed E-state index contributed by atoms with van der Waals surface area (Å²) in [4.78, 5) is 10.1. The monoisotopic (exact) mass is 150 g/mol. The fraction of sp³-hybridized carbons (Fsp3) is 0.571. The normalized spacial score (nSPS) is 24.7. The molecule has 1 atom stereocenters. The summed E-state index contributed by atoms with van der Waals surface area (Å²) >= 11 is 0. The smallest absolute Gasteiger partial charge is 1.00 e. The second kappa shape index (κ2) is 5.80. The molecule has 0 amide bonds. The van der Waals surface area contributed by atoms with Crippen molar-refractivity contribution in [3.8, 4) is 0 Å². The van der Waals surface area contributed by atoms with Crippen LogP contribution in [-0.4, -0.2) is 6.29 Å². The van der Waals surface area contributed by atoms with Crippen molar-refractivity contribution in [3.05, 3.63) is 12.2 Å². The van der Waals surface area contributed by atoms with Crippen LogP contribution in [0, 0.1) is 5.92 Å². The second-order valence-electron chi connectivity index (χ2n) is 2.18. The molecule has 1 unspecified atom stereocenters. The summed E-state index contributed by atoms with van der Waals surface area (Å²) < 4.78 is 0. The molecule has 1 nitrogen and oxygen atoms in total. The van der Waals surface area contributed by atoms with Gasteiger partial charge in [-0.3, -0.25) is 0 Å². The third-order valence-corrected chi connectivity index (χ3v) is 1.50. The molecule has 1 aliphatic carbocycles. The minimum absolute atomic E-state index is 0. The van der Waals surface area contributed by atoms with Gasteiger partial charge in [0.15, 0.2) is 0 Å². The molecule has 9 heavy (non-hydrogen) atoms. The van der Waals surface area contributed by atoms with Gasteiger partial charge in [0.25, 0.3) is 0 Å². The van der Waals surface area contributed by atoms with Crippen molar-refractivity contribution in [2.24, 2.45) is 5.92 Å². The Bertz CT molecular complexity index is 114.